The molecule has 4 heteroatoms. The van der Waals surface area contributed by atoms with E-state index in [9.17, 15) is 0 Å². The van der Waals surface area contributed by atoms with Crippen LogP contribution in [0.15, 0.2) is 48.5 Å². The highest BCUT2D eigenvalue weighted by Crippen LogP contribution is 2.35. The Kier molecular flexibility index (Phi) is 3.92. The molecule has 3 aromatic rings. The van der Waals surface area contributed by atoms with Crippen LogP contribution in [0.5, 0.6) is 0 Å². The SMILES string of the molecule is OCc1cccc(NCc2sc3ccccc3c2Cl)c1. The first kappa shape index (κ1) is 13.4. The van der Waals surface area contributed by atoms with Gasteiger partial charge in [0, 0.05) is 20.7 Å². The Bertz CT molecular complexity index is 738. The van der Waals surface area contributed by atoms with Crippen LogP contribution in [0.2, 0.25) is 5.02 Å². The zero-order valence-corrected chi connectivity index (χ0v) is 12.3. The van der Waals surface area contributed by atoms with E-state index in [1.54, 1.807) is 11.3 Å². The fourth-order valence-corrected chi connectivity index (χ4v) is 3.58. The van der Waals surface area contributed by atoms with E-state index in [-0.39, 0.29) is 6.61 Å². The highest BCUT2D eigenvalue weighted by Gasteiger charge is 2.09. The Hall–Kier alpha value is -1.55. The number of anilines is 1. The van der Waals surface area contributed by atoms with Gasteiger partial charge in [-0.15, -0.1) is 11.3 Å². The van der Waals surface area contributed by atoms with Crippen LogP contribution in [0.4, 0.5) is 5.69 Å². The van der Waals surface area contributed by atoms with E-state index in [2.05, 4.69) is 11.4 Å². The van der Waals surface area contributed by atoms with E-state index in [1.807, 2.05) is 42.5 Å². The van der Waals surface area contributed by atoms with Crippen LogP contribution in [0.3, 0.4) is 0 Å². The smallest absolute Gasteiger partial charge is 0.0682 e. The average Bonchev–Trinajstić information content (AvgIpc) is 2.82. The van der Waals surface area contributed by atoms with Crippen LogP contribution < -0.4 is 5.32 Å². The summed E-state index contributed by atoms with van der Waals surface area (Å²) in [6.07, 6.45) is 0. The Morgan fingerprint density at radius 2 is 1.95 bits per heavy atom. The first-order chi connectivity index (χ1) is 9.78. The van der Waals surface area contributed by atoms with Gasteiger partial charge >= 0.3 is 0 Å². The predicted octanol–water partition coefficient (Wildman–Crippen LogP) is 4.66. The number of aliphatic hydroxyl groups is 1. The van der Waals surface area contributed by atoms with Crippen molar-refractivity contribution < 1.29 is 5.11 Å². The van der Waals surface area contributed by atoms with Crippen molar-refractivity contribution in [3.05, 3.63) is 64.0 Å². The molecule has 0 bridgehead atoms. The van der Waals surface area contributed by atoms with Crippen LogP contribution in [0, 0.1) is 0 Å². The number of fused-ring (bicyclic) bond motifs is 1. The molecule has 0 amide bonds. The zero-order valence-electron chi connectivity index (χ0n) is 10.8. The third-order valence-electron chi connectivity index (χ3n) is 3.16. The van der Waals surface area contributed by atoms with Gasteiger partial charge in [0.15, 0.2) is 0 Å². The lowest BCUT2D eigenvalue weighted by Gasteiger charge is -2.06. The fraction of sp³-hybridized carbons (Fsp3) is 0.125. The molecular formula is C16H14ClNOS. The van der Waals surface area contributed by atoms with Crippen molar-refractivity contribution >= 4 is 38.7 Å². The highest BCUT2D eigenvalue weighted by atomic mass is 35.5. The van der Waals surface area contributed by atoms with Gasteiger partial charge in [-0.2, -0.15) is 0 Å². The second kappa shape index (κ2) is 5.83. The minimum Gasteiger partial charge on any atom is -0.392 e. The quantitative estimate of drug-likeness (QED) is 0.735. The molecule has 1 aromatic heterocycles. The van der Waals surface area contributed by atoms with Crippen molar-refractivity contribution in [2.24, 2.45) is 0 Å². The van der Waals surface area contributed by atoms with Crippen molar-refractivity contribution in [2.45, 2.75) is 13.2 Å². The van der Waals surface area contributed by atoms with Crippen LogP contribution in [0.1, 0.15) is 10.4 Å². The van der Waals surface area contributed by atoms with E-state index in [1.165, 1.54) is 4.70 Å². The number of hydrogen-bond donors (Lipinski definition) is 2. The molecule has 0 aliphatic rings. The summed E-state index contributed by atoms with van der Waals surface area (Å²) in [5.41, 5.74) is 1.89. The van der Waals surface area contributed by atoms with Gasteiger partial charge in [0.1, 0.15) is 0 Å². The molecule has 0 atom stereocenters. The highest BCUT2D eigenvalue weighted by molar-refractivity contribution is 7.19. The van der Waals surface area contributed by atoms with E-state index in [4.69, 9.17) is 16.7 Å². The van der Waals surface area contributed by atoms with Gasteiger partial charge in [0.25, 0.3) is 0 Å². The van der Waals surface area contributed by atoms with Gasteiger partial charge < -0.3 is 10.4 Å². The number of thiophene rings is 1. The molecule has 102 valence electrons. The summed E-state index contributed by atoms with van der Waals surface area (Å²) in [4.78, 5) is 1.13. The molecule has 3 rings (SSSR count). The zero-order chi connectivity index (χ0) is 13.9. The second-order valence-corrected chi connectivity index (χ2v) is 6.06. The van der Waals surface area contributed by atoms with Crippen molar-refractivity contribution in [1.82, 2.24) is 0 Å². The predicted molar refractivity (Wildman–Crippen MR) is 86.5 cm³/mol. The molecule has 0 fully saturated rings. The largest absolute Gasteiger partial charge is 0.392 e. The van der Waals surface area contributed by atoms with Crippen molar-refractivity contribution in [3.63, 3.8) is 0 Å². The fourth-order valence-electron chi connectivity index (χ4n) is 2.14. The Morgan fingerprint density at radius 1 is 1.10 bits per heavy atom. The number of hydrogen-bond acceptors (Lipinski definition) is 3. The Morgan fingerprint density at radius 3 is 2.75 bits per heavy atom. The van der Waals surface area contributed by atoms with Crippen molar-refractivity contribution in [3.8, 4) is 0 Å². The van der Waals surface area contributed by atoms with E-state index < -0.39 is 0 Å². The summed E-state index contributed by atoms with van der Waals surface area (Å²) < 4.78 is 1.21. The molecule has 2 N–H and O–H groups in total. The van der Waals surface area contributed by atoms with Gasteiger partial charge in [0.05, 0.1) is 18.2 Å². The topological polar surface area (TPSA) is 32.3 Å². The van der Waals surface area contributed by atoms with Gasteiger partial charge in [-0.1, -0.05) is 41.9 Å². The summed E-state index contributed by atoms with van der Waals surface area (Å²) in [5, 5.41) is 14.4. The second-order valence-electron chi connectivity index (χ2n) is 4.55. The minimum atomic E-state index is 0.0547. The molecular weight excluding hydrogens is 290 g/mol. The lowest BCUT2D eigenvalue weighted by molar-refractivity contribution is 0.282. The molecule has 1 heterocycles. The maximum absolute atomic E-state index is 9.14. The van der Waals surface area contributed by atoms with Crippen molar-refractivity contribution in [1.29, 1.82) is 0 Å². The van der Waals surface area contributed by atoms with Gasteiger partial charge in [-0.05, 0) is 23.8 Å². The van der Waals surface area contributed by atoms with Gasteiger partial charge in [-0.25, -0.2) is 0 Å². The third-order valence-corrected chi connectivity index (χ3v) is 4.88. The van der Waals surface area contributed by atoms with E-state index in [0.717, 1.165) is 26.5 Å². The normalized spacial score (nSPS) is 10.9. The molecule has 0 aliphatic carbocycles. The van der Waals surface area contributed by atoms with E-state index in [0.29, 0.717) is 6.54 Å². The Balaban J connectivity index is 1.81. The first-order valence-electron chi connectivity index (χ1n) is 6.37. The summed E-state index contributed by atoms with van der Waals surface area (Å²) in [6, 6.07) is 15.9. The minimum absolute atomic E-state index is 0.0547. The average molecular weight is 304 g/mol. The standard InChI is InChI=1S/C16H14ClNOS/c17-16-13-6-1-2-7-14(13)20-15(16)9-18-12-5-3-4-11(8-12)10-19/h1-8,18-19H,9-10H2. The molecule has 0 unspecified atom stereocenters. The first-order valence-corrected chi connectivity index (χ1v) is 7.57. The lowest BCUT2D eigenvalue weighted by atomic mass is 10.2. The molecule has 0 saturated heterocycles. The van der Waals surface area contributed by atoms with Gasteiger partial charge in [-0.3, -0.25) is 0 Å². The number of nitrogens with one attached hydrogen (secondary N) is 1. The van der Waals surface area contributed by atoms with Crippen LogP contribution in [-0.2, 0) is 13.2 Å². The number of rotatable bonds is 4. The van der Waals surface area contributed by atoms with Crippen LogP contribution >= 0.6 is 22.9 Å². The summed E-state index contributed by atoms with van der Waals surface area (Å²) >= 11 is 8.12. The van der Waals surface area contributed by atoms with E-state index >= 15 is 0 Å². The lowest BCUT2D eigenvalue weighted by Crippen LogP contribution is -1.98. The maximum Gasteiger partial charge on any atom is 0.0682 e. The van der Waals surface area contributed by atoms with Crippen molar-refractivity contribution in [2.75, 3.05) is 5.32 Å². The van der Waals surface area contributed by atoms with Crippen LogP contribution in [0.25, 0.3) is 10.1 Å². The molecule has 20 heavy (non-hydrogen) atoms. The summed E-state index contributed by atoms with van der Waals surface area (Å²) in [5.74, 6) is 0. The molecule has 0 radical (unpaired) electrons. The number of halogens is 1. The maximum atomic E-state index is 9.14. The monoisotopic (exact) mass is 303 g/mol. The number of aliphatic hydroxyl groups excluding tert-OH is 1. The summed E-state index contributed by atoms with van der Waals surface area (Å²) in [7, 11) is 0. The molecule has 2 aromatic carbocycles. The third kappa shape index (κ3) is 2.66. The molecule has 0 saturated carbocycles. The van der Waals surface area contributed by atoms with Crippen LogP contribution in [-0.4, -0.2) is 5.11 Å². The molecule has 0 aliphatic heterocycles. The molecule has 0 spiro atoms. The number of benzene rings is 2. The molecule has 2 nitrogen and oxygen atoms in total. The summed E-state index contributed by atoms with van der Waals surface area (Å²) in [6.45, 7) is 0.742. The van der Waals surface area contributed by atoms with Gasteiger partial charge in [0.2, 0.25) is 0 Å². The Labute approximate surface area is 126 Å².